The Bertz CT molecular complexity index is 867. The largest absolute Gasteiger partial charge is 0.479 e. The minimum absolute atomic E-state index is 0.236. The summed E-state index contributed by atoms with van der Waals surface area (Å²) in [5.74, 6) is -0.202. The summed E-state index contributed by atoms with van der Waals surface area (Å²) in [6.45, 7) is 1.54. The van der Waals surface area contributed by atoms with Gasteiger partial charge in [0.05, 0.1) is 11.9 Å². The highest BCUT2D eigenvalue weighted by Gasteiger charge is 2.18. The van der Waals surface area contributed by atoms with Gasteiger partial charge in [-0.1, -0.05) is 35.3 Å². The third kappa shape index (κ3) is 6.12. The summed E-state index contributed by atoms with van der Waals surface area (Å²) in [5.41, 5.74) is 0.677. The molecule has 2 aromatic rings. The Labute approximate surface area is 156 Å². The summed E-state index contributed by atoms with van der Waals surface area (Å²) >= 11 is 11.8. The molecule has 0 aliphatic rings. The van der Waals surface area contributed by atoms with Gasteiger partial charge in [-0.25, -0.2) is 8.42 Å². The van der Waals surface area contributed by atoms with Gasteiger partial charge in [0, 0.05) is 15.7 Å². The van der Waals surface area contributed by atoms with E-state index in [0.29, 0.717) is 15.7 Å². The van der Waals surface area contributed by atoms with E-state index in [9.17, 15) is 13.2 Å². The van der Waals surface area contributed by atoms with Crippen molar-refractivity contribution in [1.82, 2.24) is 0 Å². The molecule has 134 valence electrons. The SMILES string of the molecule is CC(Oc1ccccc1NS(C)(=O)=O)C(=O)Nc1cc(Cl)cc(Cl)c1. The molecule has 0 heterocycles. The molecule has 25 heavy (non-hydrogen) atoms. The molecule has 0 aromatic heterocycles. The number of ether oxygens (including phenoxy) is 1. The van der Waals surface area contributed by atoms with Crippen LogP contribution in [0.1, 0.15) is 6.92 Å². The average Bonchev–Trinajstić information content (AvgIpc) is 2.46. The fourth-order valence-corrected chi connectivity index (χ4v) is 3.06. The quantitative estimate of drug-likeness (QED) is 0.769. The van der Waals surface area contributed by atoms with Gasteiger partial charge in [0.2, 0.25) is 10.0 Å². The van der Waals surface area contributed by atoms with E-state index in [0.717, 1.165) is 6.26 Å². The smallest absolute Gasteiger partial charge is 0.265 e. The lowest BCUT2D eigenvalue weighted by Crippen LogP contribution is -2.30. The van der Waals surface area contributed by atoms with Crippen LogP contribution in [0.3, 0.4) is 0 Å². The van der Waals surface area contributed by atoms with Crippen LogP contribution in [0.2, 0.25) is 10.0 Å². The lowest BCUT2D eigenvalue weighted by atomic mass is 10.2. The van der Waals surface area contributed by atoms with Crippen molar-refractivity contribution in [1.29, 1.82) is 0 Å². The monoisotopic (exact) mass is 402 g/mol. The summed E-state index contributed by atoms with van der Waals surface area (Å²) in [5, 5.41) is 3.42. The molecule has 0 saturated carbocycles. The molecule has 0 radical (unpaired) electrons. The summed E-state index contributed by atoms with van der Waals surface area (Å²) in [6, 6.07) is 11.1. The maximum Gasteiger partial charge on any atom is 0.265 e. The molecule has 9 heteroatoms. The van der Waals surface area contributed by atoms with Crippen molar-refractivity contribution in [2.45, 2.75) is 13.0 Å². The second kappa shape index (κ2) is 7.95. The zero-order valence-electron chi connectivity index (χ0n) is 13.4. The van der Waals surface area contributed by atoms with Crippen LogP contribution in [0.15, 0.2) is 42.5 Å². The highest BCUT2D eigenvalue weighted by molar-refractivity contribution is 7.92. The standard InChI is InChI=1S/C16H16Cl2N2O4S/c1-10(16(21)19-13-8-11(17)7-12(18)9-13)24-15-6-4-3-5-14(15)20-25(2,22)23/h3-10,20H,1-2H3,(H,19,21). The topological polar surface area (TPSA) is 84.5 Å². The van der Waals surface area contributed by atoms with Crippen molar-refractivity contribution in [2.24, 2.45) is 0 Å². The molecule has 0 bridgehead atoms. The fraction of sp³-hybridized carbons (Fsp3) is 0.188. The first kappa shape index (κ1) is 19.4. The van der Waals surface area contributed by atoms with Crippen molar-refractivity contribution < 1.29 is 17.9 Å². The number of benzene rings is 2. The van der Waals surface area contributed by atoms with Gasteiger partial charge in [0.1, 0.15) is 5.75 Å². The summed E-state index contributed by atoms with van der Waals surface area (Å²) in [7, 11) is -3.47. The van der Waals surface area contributed by atoms with Crippen LogP contribution in [0.25, 0.3) is 0 Å². The molecule has 1 atom stereocenters. The van der Waals surface area contributed by atoms with E-state index in [4.69, 9.17) is 27.9 Å². The lowest BCUT2D eigenvalue weighted by molar-refractivity contribution is -0.122. The minimum atomic E-state index is -3.47. The Kier molecular flexibility index (Phi) is 6.16. The number of hydrogen-bond acceptors (Lipinski definition) is 4. The highest BCUT2D eigenvalue weighted by Crippen LogP contribution is 2.26. The molecule has 2 rings (SSSR count). The van der Waals surface area contributed by atoms with Crippen LogP contribution < -0.4 is 14.8 Å². The molecule has 0 fully saturated rings. The van der Waals surface area contributed by atoms with Gasteiger partial charge in [-0.2, -0.15) is 0 Å². The summed E-state index contributed by atoms with van der Waals surface area (Å²) in [6.07, 6.45) is 0.142. The molecule has 0 aliphatic heterocycles. The van der Waals surface area contributed by atoms with Gasteiger partial charge in [-0.15, -0.1) is 0 Å². The second-order valence-corrected chi connectivity index (χ2v) is 7.90. The molecular formula is C16H16Cl2N2O4S. The summed E-state index contributed by atoms with van der Waals surface area (Å²) in [4.78, 5) is 12.3. The molecule has 1 amide bonds. The maximum absolute atomic E-state index is 12.3. The van der Waals surface area contributed by atoms with Crippen LogP contribution in [0.4, 0.5) is 11.4 Å². The molecule has 6 nitrogen and oxygen atoms in total. The normalized spacial score (nSPS) is 12.3. The first-order valence-corrected chi connectivity index (χ1v) is 9.79. The predicted octanol–water partition coefficient (Wildman–Crippen LogP) is 3.77. The number of amides is 1. The van der Waals surface area contributed by atoms with Crippen LogP contribution in [-0.2, 0) is 14.8 Å². The third-order valence-electron chi connectivity index (χ3n) is 2.99. The molecule has 2 aromatic carbocycles. The van der Waals surface area contributed by atoms with E-state index < -0.39 is 22.0 Å². The fourth-order valence-electron chi connectivity index (χ4n) is 1.97. The number of carbonyl (C=O) groups is 1. The number of rotatable bonds is 6. The van der Waals surface area contributed by atoms with Gasteiger partial charge >= 0.3 is 0 Å². The Hall–Kier alpha value is -1.96. The van der Waals surface area contributed by atoms with Gasteiger partial charge < -0.3 is 10.1 Å². The highest BCUT2D eigenvalue weighted by atomic mass is 35.5. The van der Waals surface area contributed by atoms with Crippen molar-refractivity contribution >= 4 is 50.5 Å². The van der Waals surface area contributed by atoms with Crippen LogP contribution in [0, 0.1) is 0 Å². The molecule has 2 N–H and O–H groups in total. The Morgan fingerprint density at radius 2 is 1.72 bits per heavy atom. The first-order chi connectivity index (χ1) is 11.6. The van der Waals surface area contributed by atoms with Gasteiger partial charge in [-0.05, 0) is 37.3 Å². The van der Waals surface area contributed by atoms with Crippen molar-refractivity contribution in [2.75, 3.05) is 16.3 Å². The van der Waals surface area contributed by atoms with Crippen LogP contribution in [-0.4, -0.2) is 26.7 Å². The van der Waals surface area contributed by atoms with Crippen molar-refractivity contribution in [3.05, 3.63) is 52.5 Å². The molecule has 0 aliphatic carbocycles. The number of para-hydroxylation sites is 2. The minimum Gasteiger partial charge on any atom is -0.479 e. The van der Waals surface area contributed by atoms with Crippen LogP contribution in [0.5, 0.6) is 5.75 Å². The van der Waals surface area contributed by atoms with E-state index in [1.165, 1.54) is 6.07 Å². The third-order valence-corrected chi connectivity index (χ3v) is 4.01. The molecule has 1 unspecified atom stereocenters. The number of sulfonamides is 1. The number of nitrogens with one attached hydrogen (secondary N) is 2. The first-order valence-electron chi connectivity index (χ1n) is 7.14. The second-order valence-electron chi connectivity index (χ2n) is 5.28. The number of carbonyl (C=O) groups excluding carboxylic acids is 1. The van der Waals surface area contributed by atoms with Crippen molar-refractivity contribution in [3.63, 3.8) is 0 Å². The van der Waals surface area contributed by atoms with Crippen LogP contribution >= 0.6 is 23.2 Å². The lowest BCUT2D eigenvalue weighted by Gasteiger charge is -2.17. The predicted molar refractivity (Wildman–Crippen MR) is 100 cm³/mol. The van der Waals surface area contributed by atoms with Gasteiger partial charge in [0.15, 0.2) is 6.10 Å². The number of hydrogen-bond donors (Lipinski definition) is 2. The maximum atomic E-state index is 12.3. The summed E-state index contributed by atoms with van der Waals surface area (Å²) < 4.78 is 30.7. The van der Waals surface area contributed by atoms with E-state index in [2.05, 4.69) is 10.0 Å². The zero-order chi connectivity index (χ0) is 18.6. The number of halogens is 2. The Morgan fingerprint density at radius 3 is 2.32 bits per heavy atom. The van der Waals surface area contributed by atoms with E-state index in [1.54, 1.807) is 43.3 Å². The van der Waals surface area contributed by atoms with Crippen molar-refractivity contribution in [3.8, 4) is 5.75 Å². The zero-order valence-corrected chi connectivity index (χ0v) is 15.7. The number of anilines is 2. The Balaban J connectivity index is 2.11. The van der Waals surface area contributed by atoms with Gasteiger partial charge in [0.25, 0.3) is 5.91 Å². The molecular weight excluding hydrogens is 387 g/mol. The average molecular weight is 403 g/mol. The van der Waals surface area contributed by atoms with Gasteiger partial charge in [-0.3, -0.25) is 9.52 Å². The molecule has 0 spiro atoms. The van der Waals surface area contributed by atoms with E-state index in [-0.39, 0.29) is 11.4 Å². The Morgan fingerprint density at radius 1 is 1.12 bits per heavy atom. The van der Waals surface area contributed by atoms with E-state index in [1.807, 2.05) is 0 Å². The molecule has 0 saturated heterocycles. The van der Waals surface area contributed by atoms with E-state index >= 15 is 0 Å².